The lowest BCUT2D eigenvalue weighted by Gasteiger charge is -2.37. The lowest BCUT2D eigenvalue weighted by atomic mass is 10.0. The highest BCUT2D eigenvalue weighted by Crippen LogP contribution is 2.36. The summed E-state index contributed by atoms with van der Waals surface area (Å²) < 4.78 is 1.84. The molecule has 1 saturated heterocycles. The van der Waals surface area contributed by atoms with Crippen LogP contribution in [0.5, 0.6) is 0 Å². The Kier molecular flexibility index (Phi) is 6.07. The Morgan fingerprint density at radius 2 is 1.73 bits per heavy atom. The number of likely N-dealkylation sites (N-methyl/N-ethyl adjacent to an activating group) is 1. The van der Waals surface area contributed by atoms with Gasteiger partial charge in [0.15, 0.2) is 0 Å². The number of piperazine rings is 1. The molecule has 1 fully saturated rings. The minimum Gasteiger partial charge on any atom is -0.334 e. The molecule has 0 radical (unpaired) electrons. The highest BCUT2D eigenvalue weighted by atomic mass is 35.5. The van der Waals surface area contributed by atoms with Crippen LogP contribution in [0.4, 0.5) is 0 Å². The van der Waals surface area contributed by atoms with Crippen molar-refractivity contribution >= 4 is 41.2 Å². The zero-order chi connectivity index (χ0) is 21.4. The minimum absolute atomic E-state index is 0.139. The highest BCUT2D eigenvalue weighted by Gasteiger charge is 2.31. The van der Waals surface area contributed by atoms with Crippen molar-refractivity contribution in [1.29, 1.82) is 0 Å². The SMILES string of the molecule is Cc1c(C2CN(C)CCN2C=O)nn(-c2ccc(Cl)cc2Cl)c1-c1ccc(Cl)cc1. The van der Waals surface area contributed by atoms with Crippen LogP contribution in [0.15, 0.2) is 42.5 Å². The fourth-order valence-corrected chi connectivity index (χ4v) is 4.52. The Labute approximate surface area is 190 Å². The molecule has 0 saturated carbocycles. The van der Waals surface area contributed by atoms with Crippen LogP contribution in [0.2, 0.25) is 15.1 Å². The van der Waals surface area contributed by atoms with E-state index in [-0.39, 0.29) is 6.04 Å². The van der Waals surface area contributed by atoms with Gasteiger partial charge in [-0.05, 0) is 44.3 Å². The Morgan fingerprint density at radius 1 is 1.03 bits per heavy atom. The third kappa shape index (κ3) is 3.95. The predicted molar refractivity (Wildman–Crippen MR) is 122 cm³/mol. The topological polar surface area (TPSA) is 41.4 Å². The van der Waals surface area contributed by atoms with Crippen molar-refractivity contribution in [2.75, 3.05) is 26.7 Å². The standard InChI is InChI=1S/C22H21Cl3N4O/c1-14-21(20-12-27(2)9-10-28(20)13-30)26-29(19-8-7-17(24)11-18(19)25)22(14)15-3-5-16(23)6-4-15/h3-8,11,13,20H,9-10,12H2,1-2H3. The van der Waals surface area contributed by atoms with E-state index in [4.69, 9.17) is 39.9 Å². The Hall–Kier alpha value is -2.05. The summed E-state index contributed by atoms with van der Waals surface area (Å²) in [4.78, 5) is 15.8. The normalized spacial score (nSPS) is 17.4. The molecule has 30 heavy (non-hydrogen) atoms. The summed E-state index contributed by atoms with van der Waals surface area (Å²) in [6.45, 7) is 4.24. The number of nitrogens with zero attached hydrogens (tertiary/aromatic N) is 4. The molecule has 3 aromatic rings. The van der Waals surface area contributed by atoms with Crippen LogP contribution in [0.25, 0.3) is 16.9 Å². The number of aromatic nitrogens is 2. The van der Waals surface area contributed by atoms with Crippen LogP contribution in [-0.2, 0) is 4.79 Å². The number of rotatable bonds is 4. The van der Waals surface area contributed by atoms with Gasteiger partial charge in [0.2, 0.25) is 6.41 Å². The third-order valence-corrected chi connectivity index (χ3v) is 6.28. The third-order valence-electron chi connectivity index (χ3n) is 5.49. The minimum atomic E-state index is -0.139. The van der Waals surface area contributed by atoms with Gasteiger partial charge in [-0.2, -0.15) is 5.10 Å². The van der Waals surface area contributed by atoms with E-state index in [1.807, 2.05) is 46.8 Å². The summed E-state index contributed by atoms with van der Waals surface area (Å²) in [6.07, 6.45) is 0.910. The van der Waals surface area contributed by atoms with E-state index < -0.39 is 0 Å². The molecule has 0 bridgehead atoms. The number of benzene rings is 2. The number of carbonyl (C=O) groups is 1. The average Bonchev–Trinajstić information content (AvgIpc) is 3.05. The van der Waals surface area contributed by atoms with Crippen molar-refractivity contribution in [3.8, 4) is 16.9 Å². The van der Waals surface area contributed by atoms with Gasteiger partial charge in [0, 0.05) is 40.8 Å². The summed E-state index contributed by atoms with van der Waals surface area (Å²) >= 11 is 18.8. The second-order valence-electron chi connectivity index (χ2n) is 7.49. The molecular formula is C22H21Cl3N4O. The summed E-state index contributed by atoms with van der Waals surface area (Å²) in [5.74, 6) is 0. The first-order valence-electron chi connectivity index (χ1n) is 9.59. The van der Waals surface area contributed by atoms with Gasteiger partial charge in [0.05, 0.1) is 28.1 Å². The molecule has 1 aliphatic rings. The molecule has 2 aromatic carbocycles. The molecule has 1 amide bonds. The van der Waals surface area contributed by atoms with Crippen LogP contribution >= 0.6 is 34.8 Å². The molecule has 5 nitrogen and oxygen atoms in total. The Morgan fingerprint density at radius 3 is 2.40 bits per heavy atom. The molecule has 1 aliphatic heterocycles. The molecule has 1 atom stereocenters. The first kappa shape index (κ1) is 21.2. The predicted octanol–water partition coefficient (Wildman–Crippen LogP) is 5.25. The average molecular weight is 464 g/mol. The smallest absolute Gasteiger partial charge is 0.210 e. The summed E-state index contributed by atoms with van der Waals surface area (Å²) in [7, 11) is 2.05. The zero-order valence-corrected chi connectivity index (χ0v) is 18.9. The van der Waals surface area contributed by atoms with Crippen molar-refractivity contribution in [2.45, 2.75) is 13.0 Å². The van der Waals surface area contributed by atoms with Gasteiger partial charge < -0.3 is 9.80 Å². The molecule has 8 heteroatoms. The molecule has 2 heterocycles. The van der Waals surface area contributed by atoms with E-state index in [1.165, 1.54) is 0 Å². The summed E-state index contributed by atoms with van der Waals surface area (Å²) in [5, 5.41) is 6.67. The monoisotopic (exact) mass is 462 g/mol. The molecule has 0 N–H and O–H groups in total. The van der Waals surface area contributed by atoms with Gasteiger partial charge >= 0.3 is 0 Å². The van der Waals surface area contributed by atoms with E-state index in [2.05, 4.69) is 11.9 Å². The van der Waals surface area contributed by atoms with Gasteiger partial charge in [-0.25, -0.2) is 4.68 Å². The second kappa shape index (κ2) is 8.60. The Bertz CT molecular complexity index is 1080. The molecule has 4 rings (SSSR count). The number of carbonyl (C=O) groups excluding carboxylic acids is 1. The maximum atomic E-state index is 11.7. The van der Waals surface area contributed by atoms with Crippen molar-refractivity contribution in [2.24, 2.45) is 0 Å². The molecule has 1 aromatic heterocycles. The first-order valence-corrected chi connectivity index (χ1v) is 10.7. The number of hydrogen-bond donors (Lipinski definition) is 0. The first-order chi connectivity index (χ1) is 14.4. The van der Waals surface area contributed by atoms with E-state index in [9.17, 15) is 4.79 Å². The maximum Gasteiger partial charge on any atom is 0.210 e. The van der Waals surface area contributed by atoms with Crippen LogP contribution in [-0.4, -0.2) is 52.7 Å². The van der Waals surface area contributed by atoms with Crippen molar-refractivity contribution in [3.63, 3.8) is 0 Å². The van der Waals surface area contributed by atoms with Crippen molar-refractivity contribution in [3.05, 3.63) is 68.8 Å². The molecule has 156 valence electrons. The van der Waals surface area contributed by atoms with Gasteiger partial charge in [-0.3, -0.25) is 4.79 Å². The maximum absolute atomic E-state index is 11.7. The van der Waals surface area contributed by atoms with Gasteiger partial charge in [-0.15, -0.1) is 0 Å². The van der Waals surface area contributed by atoms with Crippen LogP contribution < -0.4 is 0 Å². The van der Waals surface area contributed by atoms with Gasteiger partial charge in [0.25, 0.3) is 0 Å². The quantitative estimate of drug-likeness (QED) is 0.496. The number of hydrogen-bond acceptors (Lipinski definition) is 3. The van der Waals surface area contributed by atoms with E-state index in [0.717, 1.165) is 41.2 Å². The van der Waals surface area contributed by atoms with Crippen molar-refractivity contribution < 1.29 is 4.79 Å². The number of halogens is 3. The van der Waals surface area contributed by atoms with E-state index >= 15 is 0 Å². The van der Waals surface area contributed by atoms with Gasteiger partial charge in [0.1, 0.15) is 0 Å². The zero-order valence-electron chi connectivity index (χ0n) is 16.6. The van der Waals surface area contributed by atoms with E-state index in [1.54, 1.807) is 12.1 Å². The van der Waals surface area contributed by atoms with Crippen LogP contribution in [0.1, 0.15) is 17.3 Å². The lowest BCUT2D eigenvalue weighted by molar-refractivity contribution is -0.122. The fraction of sp³-hybridized carbons (Fsp3) is 0.273. The van der Waals surface area contributed by atoms with Crippen molar-refractivity contribution in [1.82, 2.24) is 19.6 Å². The van der Waals surface area contributed by atoms with Gasteiger partial charge in [-0.1, -0.05) is 46.9 Å². The highest BCUT2D eigenvalue weighted by molar-refractivity contribution is 6.35. The number of amides is 1. The molecule has 0 aliphatic carbocycles. The van der Waals surface area contributed by atoms with E-state index in [0.29, 0.717) is 28.2 Å². The van der Waals surface area contributed by atoms with Crippen LogP contribution in [0.3, 0.4) is 0 Å². The lowest BCUT2D eigenvalue weighted by Crippen LogP contribution is -2.46. The molecule has 0 spiro atoms. The van der Waals surface area contributed by atoms with Crippen LogP contribution in [0, 0.1) is 6.92 Å². The second-order valence-corrected chi connectivity index (χ2v) is 8.77. The summed E-state index contributed by atoms with van der Waals surface area (Å²) in [5.41, 5.74) is 4.44. The fourth-order valence-electron chi connectivity index (χ4n) is 3.91. The Balaban J connectivity index is 1.93. The molecular weight excluding hydrogens is 443 g/mol. The summed E-state index contributed by atoms with van der Waals surface area (Å²) in [6, 6.07) is 12.8. The molecule has 1 unspecified atom stereocenters. The largest absolute Gasteiger partial charge is 0.334 e.